The van der Waals surface area contributed by atoms with E-state index in [0.717, 1.165) is 6.42 Å². The summed E-state index contributed by atoms with van der Waals surface area (Å²) in [6.07, 6.45) is 13.5. The molecule has 0 heteroatoms. The van der Waals surface area contributed by atoms with Gasteiger partial charge in [-0.1, -0.05) is 36.0 Å². The summed E-state index contributed by atoms with van der Waals surface area (Å²) in [5, 5.41) is 0. The van der Waals surface area contributed by atoms with E-state index in [9.17, 15) is 0 Å². The van der Waals surface area contributed by atoms with Crippen molar-refractivity contribution in [3.63, 3.8) is 0 Å². The minimum Gasteiger partial charge on any atom is -0.0778 e. The van der Waals surface area contributed by atoms with Crippen LogP contribution in [0.4, 0.5) is 0 Å². The maximum atomic E-state index is 2.30. The number of hydrogen-bond acceptors (Lipinski definition) is 0. The largest absolute Gasteiger partial charge is 0.0778 e. The molecule has 0 nitrogen and oxygen atoms in total. The summed E-state index contributed by atoms with van der Waals surface area (Å²) < 4.78 is 0. The summed E-state index contributed by atoms with van der Waals surface area (Å²) in [6.45, 7) is 2.15. The SMILES string of the molecule is CC1=CCC=C(C2=CC2)C=C1. The van der Waals surface area contributed by atoms with Gasteiger partial charge in [-0.3, -0.25) is 0 Å². The van der Waals surface area contributed by atoms with E-state index in [4.69, 9.17) is 0 Å². The molecule has 0 spiro atoms. The summed E-state index contributed by atoms with van der Waals surface area (Å²) >= 11 is 0. The Kier molecular flexibility index (Phi) is 1.54. The number of hydrogen-bond donors (Lipinski definition) is 0. The molecule has 2 aliphatic rings. The van der Waals surface area contributed by atoms with Crippen LogP contribution in [0.2, 0.25) is 0 Å². The van der Waals surface area contributed by atoms with Crippen molar-refractivity contribution in [2.24, 2.45) is 0 Å². The third-order valence-electron chi connectivity index (χ3n) is 2.08. The lowest BCUT2D eigenvalue weighted by atomic mass is 10.2. The minimum absolute atomic E-state index is 1.09. The number of allylic oxidation sites excluding steroid dienone is 8. The molecule has 0 heterocycles. The molecule has 0 saturated carbocycles. The molecule has 0 aliphatic heterocycles. The number of rotatable bonds is 1. The van der Waals surface area contributed by atoms with Crippen LogP contribution in [0, 0.1) is 0 Å². The normalized spacial score (nSPS) is 21.7. The predicted molar refractivity (Wildman–Crippen MR) is 48.3 cm³/mol. The van der Waals surface area contributed by atoms with Gasteiger partial charge in [0.25, 0.3) is 0 Å². The Hall–Kier alpha value is -1.04. The molecule has 11 heavy (non-hydrogen) atoms. The quantitative estimate of drug-likeness (QED) is 0.530. The fourth-order valence-corrected chi connectivity index (χ4v) is 1.25. The molecule has 0 fully saturated rings. The zero-order valence-electron chi connectivity index (χ0n) is 6.80. The molecular formula is C11H12. The van der Waals surface area contributed by atoms with Crippen LogP contribution in [-0.4, -0.2) is 0 Å². The van der Waals surface area contributed by atoms with Gasteiger partial charge in [0.1, 0.15) is 0 Å². The van der Waals surface area contributed by atoms with E-state index in [1.54, 1.807) is 0 Å². The maximum Gasteiger partial charge on any atom is -0.00885 e. The summed E-state index contributed by atoms with van der Waals surface area (Å²) in [4.78, 5) is 0. The van der Waals surface area contributed by atoms with Gasteiger partial charge >= 0.3 is 0 Å². The highest BCUT2D eigenvalue weighted by molar-refractivity contribution is 5.51. The first-order valence-electron chi connectivity index (χ1n) is 4.11. The van der Waals surface area contributed by atoms with Crippen molar-refractivity contribution < 1.29 is 0 Å². The van der Waals surface area contributed by atoms with Crippen molar-refractivity contribution in [1.82, 2.24) is 0 Å². The summed E-state index contributed by atoms with van der Waals surface area (Å²) in [7, 11) is 0. The van der Waals surface area contributed by atoms with Gasteiger partial charge in [0, 0.05) is 0 Å². The van der Waals surface area contributed by atoms with Crippen LogP contribution in [0.1, 0.15) is 19.8 Å². The second kappa shape index (κ2) is 2.54. The van der Waals surface area contributed by atoms with Gasteiger partial charge in [0.15, 0.2) is 0 Å². The Morgan fingerprint density at radius 2 is 1.91 bits per heavy atom. The molecule has 0 aromatic carbocycles. The van der Waals surface area contributed by atoms with Crippen molar-refractivity contribution >= 4 is 0 Å². The molecule has 0 atom stereocenters. The second-order valence-corrected chi connectivity index (χ2v) is 3.11. The highest BCUT2D eigenvalue weighted by atomic mass is 14.2. The summed E-state index contributed by atoms with van der Waals surface area (Å²) in [5.41, 5.74) is 4.32. The van der Waals surface area contributed by atoms with E-state index in [-0.39, 0.29) is 0 Å². The van der Waals surface area contributed by atoms with E-state index in [1.807, 2.05) is 0 Å². The standard InChI is InChI=1S/C11H12/c1-9-3-2-4-10(6-5-9)11-7-8-11/h3-7H,2,8H2,1H3. The molecule has 0 bridgehead atoms. The fourth-order valence-electron chi connectivity index (χ4n) is 1.25. The van der Waals surface area contributed by atoms with E-state index in [2.05, 4.69) is 37.3 Å². The Balaban J connectivity index is 2.19. The third-order valence-corrected chi connectivity index (χ3v) is 2.08. The van der Waals surface area contributed by atoms with Crippen LogP contribution in [0.3, 0.4) is 0 Å². The molecule has 0 radical (unpaired) electrons. The maximum absolute atomic E-state index is 2.30. The lowest BCUT2D eigenvalue weighted by Crippen LogP contribution is -1.71. The smallest absolute Gasteiger partial charge is 0.00885 e. The van der Waals surface area contributed by atoms with E-state index in [0.29, 0.717) is 0 Å². The first-order valence-corrected chi connectivity index (χ1v) is 4.11. The van der Waals surface area contributed by atoms with Crippen LogP contribution in [0.25, 0.3) is 0 Å². The lowest BCUT2D eigenvalue weighted by molar-refractivity contribution is 1.33. The van der Waals surface area contributed by atoms with Gasteiger partial charge in [0.05, 0.1) is 0 Å². The zero-order valence-corrected chi connectivity index (χ0v) is 6.80. The molecule has 0 aromatic heterocycles. The Morgan fingerprint density at radius 3 is 2.64 bits per heavy atom. The zero-order chi connectivity index (χ0) is 7.68. The van der Waals surface area contributed by atoms with Gasteiger partial charge in [-0.05, 0) is 30.9 Å². The van der Waals surface area contributed by atoms with Crippen molar-refractivity contribution in [3.8, 4) is 0 Å². The van der Waals surface area contributed by atoms with Crippen molar-refractivity contribution in [1.29, 1.82) is 0 Å². The van der Waals surface area contributed by atoms with Gasteiger partial charge < -0.3 is 0 Å². The van der Waals surface area contributed by atoms with Crippen LogP contribution in [-0.2, 0) is 0 Å². The van der Waals surface area contributed by atoms with E-state index >= 15 is 0 Å². The summed E-state index contributed by atoms with van der Waals surface area (Å²) in [6, 6.07) is 0. The first kappa shape index (κ1) is 6.66. The highest BCUT2D eigenvalue weighted by Gasteiger charge is 2.10. The van der Waals surface area contributed by atoms with Gasteiger partial charge in [-0.15, -0.1) is 0 Å². The average Bonchev–Trinajstić information content (AvgIpc) is 2.73. The molecule has 0 unspecified atom stereocenters. The van der Waals surface area contributed by atoms with Crippen molar-refractivity contribution in [2.45, 2.75) is 19.8 Å². The van der Waals surface area contributed by atoms with Gasteiger partial charge in [-0.25, -0.2) is 0 Å². The first-order chi connectivity index (χ1) is 5.36. The molecule has 0 amide bonds. The van der Waals surface area contributed by atoms with Crippen LogP contribution in [0.5, 0.6) is 0 Å². The fraction of sp³-hybridized carbons (Fsp3) is 0.273. The Labute approximate surface area is 67.6 Å². The molecule has 2 rings (SSSR count). The van der Waals surface area contributed by atoms with Crippen LogP contribution >= 0.6 is 0 Å². The lowest BCUT2D eigenvalue weighted by Gasteiger charge is -1.90. The molecule has 0 N–H and O–H groups in total. The van der Waals surface area contributed by atoms with Gasteiger partial charge in [-0.2, -0.15) is 0 Å². The molecular weight excluding hydrogens is 132 g/mol. The predicted octanol–water partition coefficient (Wildman–Crippen LogP) is 3.15. The Morgan fingerprint density at radius 1 is 1.09 bits per heavy atom. The summed E-state index contributed by atoms with van der Waals surface area (Å²) in [5.74, 6) is 0. The third kappa shape index (κ3) is 1.51. The Bertz CT molecular complexity index is 285. The van der Waals surface area contributed by atoms with E-state index < -0.39 is 0 Å². The van der Waals surface area contributed by atoms with E-state index in [1.165, 1.54) is 23.1 Å². The second-order valence-electron chi connectivity index (χ2n) is 3.11. The molecule has 2 aliphatic carbocycles. The van der Waals surface area contributed by atoms with Gasteiger partial charge in [0.2, 0.25) is 0 Å². The van der Waals surface area contributed by atoms with Crippen LogP contribution in [0.15, 0.2) is 47.1 Å². The molecule has 0 saturated heterocycles. The molecule has 0 aromatic rings. The topological polar surface area (TPSA) is 0 Å². The van der Waals surface area contributed by atoms with Crippen molar-refractivity contribution in [3.05, 3.63) is 47.1 Å². The minimum atomic E-state index is 1.09. The average molecular weight is 144 g/mol. The monoisotopic (exact) mass is 144 g/mol. The highest BCUT2D eigenvalue weighted by Crippen LogP contribution is 2.29. The molecule has 56 valence electrons. The van der Waals surface area contributed by atoms with Crippen LogP contribution < -0.4 is 0 Å². The van der Waals surface area contributed by atoms with Crippen molar-refractivity contribution in [2.75, 3.05) is 0 Å².